The van der Waals surface area contributed by atoms with E-state index in [1.54, 1.807) is 6.92 Å². The van der Waals surface area contributed by atoms with Crippen molar-refractivity contribution >= 4 is 11.9 Å². The zero-order valence-electron chi connectivity index (χ0n) is 9.19. The Morgan fingerprint density at radius 3 is 2.47 bits per heavy atom. The van der Waals surface area contributed by atoms with Gasteiger partial charge in [0.05, 0.1) is 13.0 Å². The van der Waals surface area contributed by atoms with E-state index in [1.165, 1.54) is 0 Å². The normalized spacial score (nSPS) is 12.1. The van der Waals surface area contributed by atoms with Gasteiger partial charge in [0.15, 0.2) is 6.10 Å². The number of aliphatic carboxylic acids is 1. The van der Waals surface area contributed by atoms with Crippen LogP contribution in [0.2, 0.25) is 0 Å². The third-order valence-electron chi connectivity index (χ3n) is 1.73. The summed E-state index contributed by atoms with van der Waals surface area (Å²) in [6.45, 7) is 4.26. The molecule has 15 heavy (non-hydrogen) atoms. The first-order chi connectivity index (χ1) is 7.11. The van der Waals surface area contributed by atoms with Gasteiger partial charge < -0.3 is 14.6 Å². The smallest absolute Gasteiger partial charge is 0.335 e. The molecule has 0 aliphatic rings. The number of unbranched alkanes of at least 4 members (excludes halogenated alkanes) is 1. The Morgan fingerprint density at radius 1 is 1.33 bits per heavy atom. The van der Waals surface area contributed by atoms with E-state index in [4.69, 9.17) is 14.6 Å². The Labute approximate surface area is 89.4 Å². The maximum absolute atomic E-state index is 11.3. The molecule has 0 aromatic heterocycles. The fourth-order valence-electron chi connectivity index (χ4n) is 0.974. The van der Waals surface area contributed by atoms with Crippen molar-refractivity contribution in [1.29, 1.82) is 0 Å². The van der Waals surface area contributed by atoms with Crippen LogP contribution in [0.5, 0.6) is 0 Å². The molecule has 0 heterocycles. The van der Waals surface area contributed by atoms with E-state index in [9.17, 15) is 9.59 Å². The van der Waals surface area contributed by atoms with E-state index >= 15 is 0 Å². The summed E-state index contributed by atoms with van der Waals surface area (Å²) in [5.41, 5.74) is 0. The first kappa shape index (κ1) is 13.9. The number of ether oxygens (including phenoxy) is 2. The van der Waals surface area contributed by atoms with Crippen LogP contribution in [0.4, 0.5) is 0 Å². The SMILES string of the molecule is CCCCOC(CC(=O)O)C(=O)OCC. The van der Waals surface area contributed by atoms with Gasteiger partial charge in [-0.25, -0.2) is 4.79 Å². The van der Waals surface area contributed by atoms with Crippen molar-refractivity contribution in [3.05, 3.63) is 0 Å². The molecule has 5 heteroatoms. The largest absolute Gasteiger partial charge is 0.481 e. The molecule has 0 aliphatic carbocycles. The van der Waals surface area contributed by atoms with E-state index in [-0.39, 0.29) is 13.0 Å². The van der Waals surface area contributed by atoms with Crippen LogP contribution >= 0.6 is 0 Å². The van der Waals surface area contributed by atoms with Gasteiger partial charge in [-0.2, -0.15) is 0 Å². The summed E-state index contributed by atoms with van der Waals surface area (Å²) in [7, 11) is 0. The molecule has 0 aromatic carbocycles. The molecule has 0 bridgehead atoms. The van der Waals surface area contributed by atoms with Gasteiger partial charge in [0, 0.05) is 6.61 Å². The Balaban J connectivity index is 4.05. The van der Waals surface area contributed by atoms with Crippen molar-refractivity contribution in [2.45, 2.75) is 39.2 Å². The molecule has 1 N–H and O–H groups in total. The predicted octanol–water partition coefficient (Wildman–Crippen LogP) is 1.21. The summed E-state index contributed by atoms with van der Waals surface area (Å²) in [6, 6.07) is 0. The molecular weight excluding hydrogens is 200 g/mol. The summed E-state index contributed by atoms with van der Waals surface area (Å²) in [5, 5.41) is 8.57. The summed E-state index contributed by atoms with van der Waals surface area (Å²) in [6.07, 6.45) is 0.412. The Kier molecular flexibility index (Phi) is 7.62. The number of rotatable bonds is 8. The van der Waals surface area contributed by atoms with E-state index < -0.39 is 18.0 Å². The second kappa shape index (κ2) is 8.23. The van der Waals surface area contributed by atoms with Crippen molar-refractivity contribution in [2.24, 2.45) is 0 Å². The molecule has 1 atom stereocenters. The predicted molar refractivity (Wildman–Crippen MR) is 53.5 cm³/mol. The fraction of sp³-hybridized carbons (Fsp3) is 0.800. The van der Waals surface area contributed by atoms with Crippen molar-refractivity contribution in [1.82, 2.24) is 0 Å². The number of hydrogen-bond acceptors (Lipinski definition) is 4. The van der Waals surface area contributed by atoms with E-state index in [2.05, 4.69) is 0 Å². The van der Waals surface area contributed by atoms with Gasteiger partial charge in [-0.05, 0) is 13.3 Å². The number of hydrogen-bond donors (Lipinski definition) is 1. The van der Waals surface area contributed by atoms with Gasteiger partial charge in [-0.1, -0.05) is 13.3 Å². The topological polar surface area (TPSA) is 72.8 Å². The summed E-state index contributed by atoms with van der Waals surface area (Å²) < 4.78 is 9.86. The number of carbonyl (C=O) groups excluding carboxylic acids is 1. The molecule has 0 rings (SSSR count). The lowest BCUT2D eigenvalue weighted by Gasteiger charge is -2.14. The van der Waals surface area contributed by atoms with Crippen LogP contribution in [0.3, 0.4) is 0 Å². The summed E-state index contributed by atoms with van der Waals surface area (Å²) in [5.74, 6) is -1.67. The van der Waals surface area contributed by atoms with Gasteiger partial charge >= 0.3 is 11.9 Å². The van der Waals surface area contributed by atoms with E-state index in [0.717, 1.165) is 12.8 Å². The molecule has 0 saturated carbocycles. The van der Waals surface area contributed by atoms with Crippen LogP contribution < -0.4 is 0 Å². The molecule has 5 nitrogen and oxygen atoms in total. The van der Waals surface area contributed by atoms with E-state index in [1.807, 2.05) is 6.92 Å². The van der Waals surface area contributed by atoms with Crippen molar-refractivity contribution in [3.8, 4) is 0 Å². The van der Waals surface area contributed by atoms with Crippen LogP contribution in [0.25, 0.3) is 0 Å². The number of esters is 1. The second-order valence-electron chi connectivity index (χ2n) is 3.06. The lowest BCUT2D eigenvalue weighted by Crippen LogP contribution is -2.29. The number of carboxylic acid groups (broad SMARTS) is 1. The minimum atomic E-state index is -1.07. The summed E-state index contributed by atoms with van der Waals surface area (Å²) >= 11 is 0. The first-order valence-corrected chi connectivity index (χ1v) is 5.11. The van der Waals surface area contributed by atoms with Gasteiger partial charge in [0.2, 0.25) is 0 Å². The van der Waals surface area contributed by atoms with Crippen LogP contribution in [0, 0.1) is 0 Å². The highest BCUT2D eigenvalue weighted by molar-refractivity contribution is 5.81. The zero-order chi connectivity index (χ0) is 11.7. The van der Waals surface area contributed by atoms with Gasteiger partial charge in [-0.15, -0.1) is 0 Å². The zero-order valence-corrected chi connectivity index (χ0v) is 9.19. The lowest BCUT2D eigenvalue weighted by molar-refractivity contribution is -0.161. The Hall–Kier alpha value is -1.10. The van der Waals surface area contributed by atoms with Crippen molar-refractivity contribution in [3.63, 3.8) is 0 Å². The lowest BCUT2D eigenvalue weighted by atomic mass is 10.2. The summed E-state index contributed by atoms with van der Waals surface area (Å²) in [4.78, 5) is 21.7. The van der Waals surface area contributed by atoms with Crippen molar-refractivity contribution in [2.75, 3.05) is 13.2 Å². The molecule has 0 aromatic rings. The van der Waals surface area contributed by atoms with Crippen LogP contribution in [-0.4, -0.2) is 36.4 Å². The molecule has 1 unspecified atom stereocenters. The first-order valence-electron chi connectivity index (χ1n) is 5.11. The number of carboxylic acids is 1. The van der Waals surface area contributed by atoms with Crippen LogP contribution in [0.15, 0.2) is 0 Å². The average molecular weight is 218 g/mol. The molecule has 0 spiro atoms. The van der Waals surface area contributed by atoms with Gasteiger partial charge in [0.1, 0.15) is 0 Å². The third kappa shape index (κ3) is 6.90. The van der Waals surface area contributed by atoms with Crippen molar-refractivity contribution < 1.29 is 24.2 Å². The van der Waals surface area contributed by atoms with Crippen LogP contribution in [-0.2, 0) is 19.1 Å². The molecular formula is C10H18O5. The van der Waals surface area contributed by atoms with Gasteiger partial charge in [0.25, 0.3) is 0 Å². The Morgan fingerprint density at radius 2 is 2.00 bits per heavy atom. The third-order valence-corrected chi connectivity index (χ3v) is 1.73. The molecule has 0 fully saturated rings. The maximum Gasteiger partial charge on any atom is 0.335 e. The highest BCUT2D eigenvalue weighted by Gasteiger charge is 2.23. The molecule has 0 saturated heterocycles. The molecule has 88 valence electrons. The minimum Gasteiger partial charge on any atom is -0.481 e. The Bertz CT molecular complexity index is 202. The second-order valence-corrected chi connectivity index (χ2v) is 3.06. The quantitative estimate of drug-likeness (QED) is 0.489. The van der Waals surface area contributed by atoms with Crippen LogP contribution in [0.1, 0.15) is 33.1 Å². The highest BCUT2D eigenvalue weighted by atomic mass is 16.6. The van der Waals surface area contributed by atoms with E-state index in [0.29, 0.717) is 6.61 Å². The molecule has 0 amide bonds. The standard InChI is InChI=1S/C10H18O5/c1-3-5-6-15-8(7-9(11)12)10(13)14-4-2/h8H,3-7H2,1-2H3,(H,11,12). The molecule has 0 radical (unpaired) electrons. The highest BCUT2D eigenvalue weighted by Crippen LogP contribution is 2.03. The maximum atomic E-state index is 11.3. The monoisotopic (exact) mass is 218 g/mol. The number of carbonyl (C=O) groups is 2. The minimum absolute atomic E-state index is 0.228. The average Bonchev–Trinajstić information content (AvgIpc) is 2.16. The van der Waals surface area contributed by atoms with Gasteiger partial charge in [-0.3, -0.25) is 4.79 Å². The molecule has 0 aliphatic heterocycles. The fourth-order valence-corrected chi connectivity index (χ4v) is 0.974.